The summed E-state index contributed by atoms with van der Waals surface area (Å²) in [6.45, 7) is 0. The van der Waals surface area contributed by atoms with Gasteiger partial charge in [0.25, 0.3) is 0 Å². The SMILES string of the molecule is NS(=O)(=O)c1cc(C(=O)O)ccc1I. The van der Waals surface area contributed by atoms with E-state index in [4.69, 9.17) is 10.2 Å². The van der Waals surface area contributed by atoms with E-state index in [1.54, 1.807) is 22.6 Å². The minimum Gasteiger partial charge on any atom is -0.478 e. The number of primary sulfonamides is 1. The Morgan fingerprint density at radius 1 is 1.43 bits per heavy atom. The van der Waals surface area contributed by atoms with Crippen LogP contribution in [0.1, 0.15) is 10.4 Å². The summed E-state index contributed by atoms with van der Waals surface area (Å²) in [5.74, 6) is -1.19. The van der Waals surface area contributed by atoms with Crippen LogP contribution >= 0.6 is 22.6 Å². The smallest absolute Gasteiger partial charge is 0.335 e. The normalized spacial score (nSPS) is 11.3. The van der Waals surface area contributed by atoms with Gasteiger partial charge in [-0.2, -0.15) is 0 Å². The monoisotopic (exact) mass is 327 g/mol. The molecule has 0 heterocycles. The van der Waals surface area contributed by atoms with Crippen LogP contribution in [0.15, 0.2) is 23.1 Å². The number of nitrogens with two attached hydrogens (primary N) is 1. The van der Waals surface area contributed by atoms with Crippen molar-refractivity contribution in [3.8, 4) is 0 Å². The number of benzene rings is 1. The van der Waals surface area contributed by atoms with Crippen molar-refractivity contribution < 1.29 is 18.3 Å². The van der Waals surface area contributed by atoms with Crippen molar-refractivity contribution in [2.75, 3.05) is 0 Å². The van der Waals surface area contributed by atoms with E-state index in [1.165, 1.54) is 12.1 Å². The second kappa shape index (κ2) is 3.83. The highest BCUT2D eigenvalue weighted by Gasteiger charge is 2.15. The molecule has 0 aliphatic heterocycles. The van der Waals surface area contributed by atoms with E-state index in [0.29, 0.717) is 3.57 Å². The summed E-state index contributed by atoms with van der Waals surface area (Å²) in [6.07, 6.45) is 0. The average molecular weight is 327 g/mol. The second-order valence-corrected chi connectivity index (χ2v) is 5.19. The number of hydrogen-bond acceptors (Lipinski definition) is 3. The van der Waals surface area contributed by atoms with Crippen molar-refractivity contribution in [2.24, 2.45) is 5.14 Å². The number of carbonyl (C=O) groups is 1. The second-order valence-electron chi connectivity index (χ2n) is 2.50. The summed E-state index contributed by atoms with van der Waals surface area (Å²) in [4.78, 5) is 10.4. The summed E-state index contributed by atoms with van der Waals surface area (Å²) >= 11 is 1.77. The number of hydrogen-bond donors (Lipinski definition) is 2. The Hall–Kier alpha value is -0.670. The number of rotatable bonds is 2. The van der Waals surface area contributed by atoms with Gasteiger partial charge in [0.1, 0.15) is 0 Å². The van der Waals surface area contributed by atoms with Gasteiger partial charge in [-0.05, 0) is 40.8 Å². The van der Waals surface area contributed by atoms with Crippen molar-refractivity contribution >= 4 is 38.6 Å². The summed E-state index contributed by atoms with van der Waals surface area (Å²) in [5.41, 5.74) is -0.102. The Morgan fingerprint density at radius 2 is 2.00 bits per heavy atom. The predicted octanol–water partition coefficient (Wildman–Crippen LogP) is 0.637. The molecule has 0 saturated heterocycles. The molecule has 1 rings (SSSR count). The van der Waals surface area contributed by atoms with Gasteiger partial charge in [-0.1, -0.05) is 0 Å². The first kappa shape index (κ1) is 11.4. The zero-order valence-electron chi connectivity index (χ0n) is 6.77. The molecule has 0 aromatic heterocycles. The molecule has 0 amide bonds. The predicted molar refractivity (Wildman–Crippen MR) is 57.5 cm³/mol. The van der Waals surface area contributed by atoms with Crippen LogP contribution in [-0.4, -0.2) is 19.5 Å². The quantitative estimate of drug-likeness (QED) is 0.779. The van der Waals surface area contributed by atoms with Crippen LogP contribution in [0.25, 0.3) is 0 Å². The molecule has 0 unspecified atom stereocenters. The van der Waals surface area contributed by atoms with Crippen molar-refractivity contribution in [3.05, 3.63) is 27.3 Å². The summed E-state index contributed by atoms with van der Waals surface area (Å²) in [6, 6.07) is 3.75. The van der Waals surface area contributed by atoms with E-state index in [2.05, 4.69) is 0 Å². The van der Waals surface area contributed by atoms with Gasteiger partial charge in [0.2, 0.25) is 10.0 Å². The first-order valence-corrected chi connectivity index (χ1v) is 6.00. The lowest BCUT2D eigenvalue weighted by Crippen LogP contribution is -2.14. The number of aromatic carboxylic acids is 1. The zero-order chi connectivity index (χ0) is 10.9. The van der Waals surface area contributed by atoms with E-state index in [-0.39, 0.29) is 10.5 Å². The molecular weight excluding hydrogens is 321 g/mol. The fourth-order valence-electron chi connectivity index (χ4n) is 0.854. The van der Waals surface area contributed by atoms with Crippen molar-refractivity contribution in [2.45, 2.75) is 4.90 Å². The van der Waals surface area contributed by atoms with Gasteiger partial charge >= 0.3 is 5.97 Å². The third-order valence-corrected chi connectivity index (χ3v) is 3.74. The highest BCUT2D eigenvalue weighted by atomic mass is 127. The molecule has 14 heavy (non-hydrogen) atoms. The van der Waals surface area contributed by atoms with E-state index < -0.39 is 16.0 Å². The van der Waals surface area contributed by atoms with Crippen molar-refractivity contribution in [1.29, 1.82) is 0 Å². The van der Waals surface area contributed by atoms with Crippen LogP contribution < -0.4 is 5.14 Å². The number of carboxylic acids is 1. The zero-order valence-corrected chi connectivity index (χ0v) is 9.74. The van der Waals surface area contributed by atoms with Crippen molar-refractivity contribution in [1.82, 2.24) is 0 Å². The van der Waals surface area contributed by atoms with Crippen LogP contribution in [0.2, 0.25) is 0 Å². The van der Waals surface area contributed by atoms with Gasteiger partial charge in [-0.25, -0.2) is 18.4 Å². The van der Waals surface area contributed by atoms with Crippen LogP contribution in [-0.2, 0) is 10.0 Å². The van der Waals surface area contributed by atoms with Crippen LogP contribution in [0.4, 0.5) is 0 Å². The van der Waals surface area contributed by atoms with Crippen LogP contribution in [0.5, 0.6) is 0 Å². The first-order valence-electron chi connectivity index (χ1n) is 3.38. The lowest BCUT2D eigenvalue weighted by atomic mass is 10.2. The van der Waals surface area contributed by atoms with E-state index in [1.807, 2.05) is 0 Å². The molecule has 0 fully saturated rings. The molecule has 0 saturated carbocycles. The Bertz CT molecular complexity index is 482. The average Bonchev–Trinajstić information content (AvgIpc) is 2.02. The molecule has 5 nitrogen and oxygen atoms in total. The molecular formula is C7H6INO4S. The fraction of sp³-hybridized carbons (Fsp3) is 0. The Labute approximate surface area is 94.1 Å². The largest absolute Gasteiger partial charge is 0.478 e. The molecule has 0 aliphatic carbocycles. The lowest BCUT2D eigenvalue weighted by molar-refractivity contribution is 0.0696. The molecule has 0 bridgehead atoms. The Kier molecular flexibility index (Phi) is 3.12. The van der Waals surface area contributed by atoms with Gasteiger partial charge < -0.3 is 5.11 Å². The highest BCUT2D eigenvalue weighted by Crippen LogP contribution is 2.18. The van der Waals surface area contributed by atoms with Gasteiger partial charge in [0.15, 0.2) is 0 Å². The molecule has 0 atom stereocenters. The molecule has 0 spiro atoms. The summed E-state index contributed by atoms with van der Waals surface area (Å²) in [7, 11) is -3.86. The molecule has 1 aromatic rings. The van der Waals surface area contributed by atoms with Gasteiger partial charge in [-0.15, -0.1) is 0 Å². The molecule has 0 aliphatic rings. The number of carboxylic acid groups (broad SMARTS) is 1. The van der Waals surface area contributed by atoms with E-state index in [9.17, 15) is 13.2 Å². The summed E-state index contributed by atoms with van der Waals surface area (Å²) < 4.78 is 22.4. The van der Waals surface area contributed by atoms with Gasteiger partial charge in [0.05, 0.1) is 10.5 Å². The number of halogens is 1. The third kappa shape index (κ3) is 2.42. The lowest BCUT2D eigenvalue weighted by Gasteiger charge is -2.02. The van der Waals surface area contributed by atoms with Gasteiger partial charge in [-0.3, -0.25) is 0 Å². The Morgan fingerprint density at radius 3 is 2.43 bits per heavy atom. The maximum absolute atomic E-state index is 11.0. The van der Waals surface area contributed by atoms with Crippen LogP contribution in [0, 0.1) is 3.57 Å². The topological polar surface area (TPSA) is 97.5 Å². The maximum Gasteiger partial charge on any atom is 0.335 e. The van der Waals surface area contributed by atoms with Gasteiger partial charge in [0, 0.05) is 3.57 Å². The molecule has 0 radical (unpaired) electrons. The first-order chi connectivity index (χ1) is 6.32. The highest BCUT2D eigenvalue weighted by molar-refractivity contribution is 14.1. The minimum absolute atomic E-state index is 0.102. The third-order valence-electron chi connectivity index (χ3n) is 1.48. The fourth-order valence-corrected chi connectivity index (χ4v) is 2.74. The Balaban J connectivity index is 3.44. The van der Waals surface area contributed by atoms with Crippen molar-refractivity contribution in [3.63, 3.8) is 0 Å². The summed E-state index contributed by atoms with van der Waals surface area (Å²) in [5, 5.41) is 13.5. The molecule has 3 N–H and O–H groups in total. The van der Waals surface area contributed by atoms with Crippen LogP contribution in [0.3, 0.4) is 0 Å². The van der Waals surface area contributed by atoms with E-state index >= 15 is 0 Å². The standard InChI is InChI=1S/C7H6INO4S/c8-5-2-1-4(7(10)11)3-6(5)14(9,12)13/h1-3H,(H,10,11)(H2,9,12,13). The molecule has 7 heteroatoms. The number of sulfonamides is 1. The van der Waals surface area contributed by atoms with E-state index in [0.717, 1.165) is 6.07 Å². The minimum atomic E-state index is -3.86. The molecule has 1 aromatic carbocycles. The molecule has 76 valence electrons. The maximum atomic E-state index is 11.0.